The minimum Gasteiger partial charge on any atom is -0.369 e. The molecule has 1 rings (SSSR count). The number of rotatable bonds is 4. The molecule has 5 heteroatoms. The van der Waals surface area contributed by atoms with E-state index in [9.17, 15) is 4.79 Å². The molecular formula is C10H11Cl2NOS. The molecule has 0 aliphatic heterocycles. The Hall–Kier alpha value is -0.380. The fourth-order valence-electron chi connectivity index (χ4n) is 1.06. The molecule has 82 valence electrons. The van der Waals surface area contributed by atoms with Crippen LogP contribution in [0, 0.1) is 0 Å². The number of amides is 1. The predicted octanol–water partition coefficient (Wildman–Crippen LogP) is 3.35. The first-order valence-electron chi connectivity index (χ1n) is 4.45. The van der Waals surface area contributed by atoms with Gasteiger partial charge in [0.1, 0.15) is 0 Å². The third kappa shape index (κ3) is 3.59. The van der Waals surface area contributed by atoms with E-state index in [1.807, 2.05) is 6.92 Å². The summed E-state index contributed by atoms with van der Waals surface area (Å²) in [5.41, 5.74) is 5.25. The number of carbonyl (C=O) groups is 1. The average Bonchev–Trinajstić information content (AvgIpc) is 2.18. The van der Waals surface area contributed by atoms with Crippen LogP contribution in [0.4, 0.5) is 0 Å². The van der Waals surface area contributed by atoms with E-state index >= 15 is 0 Å². The first kappa shape index (κ1) is 12.7. The van der Waals surface area contributed by atoms with Gasteiger partial charge in [-0.05, 0) is 24.6 Å². The second-order valence-corrected chi connectivity index (χ2v) is 5.08. The first-order valence-corrected chi connectivity index (χ1v) is 6.09. The minimum atomic E-state index is -0.335. The molecule has 0 radical (unpaired) electrons. The van der Waals surface area contributed by atoms with Crippen LogP contribution in [0.25, 0.3) is 0 Å². The maximum atomic E-state index is 11.1. The summed E-state index contributed by atoms with van der Waals surface area (Å²) in [5, 5.41) is 0.922. The lowest BCUT2D eigenvalue weighted by Gasteiger charge is -2.11. The third-order valence-corrected chi connectivity index (χ3v) is 3.97. The van der Waals surface area contributed by atoms with Crippen molar-refractivity contribution in [3.8, 4) is 0 Å². The van der Waals surface area contributed by atoms with Crippen LogP contribution in [0.5, 0.6) is 0 Å². The van der Waals surface area contributed by atoms with Crippen LogP contribution in [0.1, 0.15) is 13.3 Å². The molecule has 0 aromatic heterocycles. The number of thioether (sulfide) groups is 1. The Balaban J connectivity index is 2.87. The topological polar surface area (TPSA) is 43.1 Å². The molecule has 1 aromatic carbocycles. The first-order chi connectivity index (χ1) is 7.04. The van der Waals surface area contributed by atoms with Crippen molar-refractivity contribution < 1.29 is 4.79 Å². The van der Waals surface area contributed by atoms with Crippen molar-refractivity contribution in [2.75, 3.05) is 0 Å². The number of benzene rings is 1. The van der Waals surface area contributed by atoms with Crippen molar-refractivity contribution in [1.29, 1.82) is 0 Å². The Kier molecular flexibility index (Phi) is 4.77. The van der Waals surface area contributed by atoms with Crippen LogP contribution in [0.2, 0.25) is 10.0 Å². The Bertz CT molecular complexity index is 370. The molecule has 0 spiro atoms. The van der Waals surface area contributed by atoms with Crippen molar-refractivity contribution >= 4 is 40.9 Å². The molecule has 0 saturated heterocycles. The highest BCUT2D eigenvalue weighted by atomic mass is 35.5. The number of hydrogen-bond acceptors (Lipinski definition) is 2. The van der Waals surface area contributed by atoms with Crippen LogP contribution < -0.4 is 5.73 Å². The number of nitrogens with two attached hydrogens (primary N) is 1. The van der Waals surface area contributed by atoms with Gasteiger partial charge >= 0.3 is 0 Å². The predicted molar refractivity (Wildman–Crippen MR) is 65.6 cm³/mol. The Morgan fingerprint density at radius 2 is 2.20 bits per heavy atom. The van der Waals surface area contributed by atoms with E-state index in [4.69, 9.17) is 28.9 Å². The quantitative estimate of drug-likeness (QED) is 0.847. The summed E-state index contributed by atoms with van der Waals surface area (Å²) in [6, 6.07) is 5.15. The highest BCUT2D eigenvalue weighted by molar-refractivity contribution is 8.00. The van der Waals surface area contributed by atoms with Gasteiger partial charge < -0.3 is 5.73 Å². The van der Waals surface area contributed by atoms with Gasteiger partial charge in [-0.15, -0.1) is 11.8 Å². The lowest BCUT2D eigenvalue weighted by Crippen LogP contribution is -2.24. The van der Waals surface area contributed by atoms with Crippen LogP contribution in [0.3, 0.4) is 0 Å². The molecule has 0 fully saturated rings. The van der Waals surface area contributed by atoms with Gasteiger partial charge in [0.15, 0.2) is 0 Å². The van der Waals surface area contributed by atoms with Crippen LogP contribution >= 0.6 is 35.0 Å². The van der Waals surface area contributed by atoms with E-state index in [-0.39, 0.29) is 11.2 Å². The van der Waals surface area contributed by atoms with Crippen LogP contribution in [-0.4, -0.2) is 11.2 Å². The highest BCUT2D eigenvalue weighted by Gasteiger charge is 2.16. The van der Waals surface area contributed by atoms with Crippen molar-refractivity contribution in [2.24, 2.45) is 5.73 Å². The summed E-state index contributed by atoms with van der Waals surface area (Å²) in [6.45, 7) is 1.90. The van der Waals surface area contributed by atoms with Crippen molar-refractivity contribution in [2.45, 2.75) is 23.5 Å². The second kappa shape index (κ2) is 5.64. The lowest BCUT2D eigenvalue weighted by atomic mass is 10.3. The molecule has 0 bridgehead atoms. The monoisotopic (exact) mass is 263 g/mol. The fraction of sp³-hybridized carbons (Fsp3) is 0.300. The van der Waals surface area contributed by atoms with Gasteiger partial charge in [0, 0.05) is 9.92 Å². The molecular weight excluding hydrogens is 253 g/mol. The molecule has 1 unspecified atom stereocenters. The number of halogens is 2. The third-order valence-electron chi connectivity index (χ3n) is 1.85. The summed E-state index contributed by atoms with van der Waals surface area (Å²) in [4.78, 5) is 11.8. The van der Waals surface area contributed by atoms with E-state index in [0.717, 1.165) is 4.90 Å². The van der Waals surface area contributed by atoms with Crippen molar-refractivity contribution in [3.05, 3.63) is 28.2 Å². The van der Waals surface area contributed by atoms with E-state index in [1.54, 1.807) is 18.2 Å². The van der Waals surface area contributed by atoms with E-state index < -0.39 is 0 Å². The zero-order chi connectivity index (χ0) is 11.4. The van der Waals surface area contributed by atoms with Crippen molar-refractivity contribution in [1.82, 2.24) is 0 Å². The molecule has 1 aromatic rings. The van der Waals surface area contributed by atoms with Gasteiger partial charge in [0.2, 0.25) is 5.91 Å². The van der Waals surface area contributed by atoms with Crippen LogP contribution in [-0.2, 0) is 4.79 Å². The van der Waals surface area contributed by atoms with Gasteiger partial charge in [0.05, 0.1) is 10.3 Å². The summed E-state index contributed by atoms with van der Waals surface area (Å²) in [7, 11) is 0. The highest BCUT2D eigenvalue weighted by Crippen LogP contribution is 2.33. The molecule has 0 aliphatic rings. The molecule has 1 atom stereocenters. The van der Waals surface area contributed by atoms with E-state index in [1.165, 1.54) is 11.8 Å². The Morgan fingerprint density at radius 1 is 1.53 bits per heavy atom. The zero-order valence-electron chi connectivity index (χ0n) is 8.17. The maximum absolute atomic E-state index is 11.1. The van der Waals surface area contributed by atoms with Gasteiger partial charge in [-0.2, -0.15) is 0 Å². The molecule has 1 amide bonds. The lowest BCUT2D eigenvalue weighted by molar-refractivity contribution is -0.117. The smallest absolute Gasteiger partial charge is 0.230 e. The number of hydrogen-bond donors (Lipinski definition) is 1. The molecule has 0 aliphatic carbocycles. The summed E-state index contributed by atoms with van der Waals surface area (Å²) >= 11 is 13.2. The van der Waals surface area contributed by atoms with Gasteiger partial charge in [-0.25, -0.2) is 0 Å². The second-order valence-electron chi connectivity index (χ2n) is 2.99. The van der Waals surface area contributed by atoms with E-state index in [2.05, 4.69) is 0 Å². The van der Waals surface area contributed by atoms with Crippen LogP contribution in [0.15, 0.2) is 23.1 Å². The number of primary amides is 1. The standard InChI is InChI=1S/C10H11Cl2NOS/c1-2-8(10(13)14)15-9-5-6(11)3-4-7(9)12/h3-5,8H,2H2,1H3,(H2,13,14). The fourth-order valence-corrected chi connectivity index (χ4v) is 2.52. The molecule has 0 saturated carbocycles. The zero-order valence-corrected chi connectivity index (χ0v) is 10.5. The molecule has 2 N–H and O–H groups in total. The number of carbonyl (C=O) groups excluding carboxylic acids is 1. The average molecular weight is 264 g/mol. The molecule has 2 nitrogen and oxygen atoms in total. The Morgan fingerprint density at radius 3 is 2.73 bits per heavy atom. The van der Waals surface area contributed by atoms with Gasteiger partial charge in [-0.1, -0.05) is 30.1 Å². The largest absolute Gasteiger partial charge is 0.369 e. The molecule has 15 heavy (non-hydrogen) atoms. The summed E-state index contributed by atoms with van der Waals surface area (Å²) in [5.74, 6) is -0.335. The minimum absolute atomic E-state index is 0.263. The maximum Gasteiger partial charge on any atom is 0.230 e. The van der Waals surface area contributed by atoms with Crippen molar-refractivity contribution in [3.63, 3.8) is 0 Å². The van der Waals surface area contributed by atoms with Gasteiger partial charge in [0.25, 0.3) is 0 Å². The molecule has 0 heterocycles. The SMILES string of the molecule is CCC(Sc1cc(Cl)ccc1Cl)C(N)=O. The normalized spacial score (nSPS) is 12.5. The Labute approximate surface area is 103 Å². The van der Waals surface area contributed by atoms with Gasteiger partial charge in [-0.3, -0.25) is 4.79 Å². The van der Waals surface area contributed by atoms with E-state index in [0.29, 0.717) is 16.5 Å². The summed E-state index contributed by atoms with van der Waals surface area (Å²) in [6.07, 6.45) is 0.669. The summed E-state index contributed by atoms with van der Waals surface area (Å²) < 4.78 is 0.